The summed E-state index contributed by atoms with van der Waals surface area (Å²) in [6.45, 7) is 2.83. The van der Waals surface area contributed by atoms with Gasteiger partial charge in [-0.15, -0.1) is 0 Å². The second kappa shape index (κ2) is 10.3. The highest BCUT2D eigenvalue weighted by Crippen LogP contribution is 2.30. The predicted molar refractivity (Wildman–Crippen MR) is 140 cm³/mol. The summed E-state index contributed by atoms with van der Waals surface area (Å²) >= 11 is 0. The van der Waals surface area contributed by atoms with Crippen molar-refractivity contribution in [2.45, 2.75) is 25.3 Å². The molecule has 1 N–H and O–H groups in total. The van der Waals surface area contributed by atoms with E-state index in [1.54, 1.807) is 27.3 Å². The Hall–Kier alpha value is -3.04. The normalized spacial score (nSPS) is 15.3. The molecule has 9 heteroatoms. The number of piperidine rings is 1. The van der Waals surface area contributed by atoms with Crippen molar-refractivity contribution < 1.29 is 17.9 Å². The molecule has 2 heterocycles. The van der Waals surface area contributed by atoms with Gasteiger partial charge in [-0.2, -0.15) is 0 Å². The van der Waals surface area contributed by atoms with Gasteiger partial charge in [-0.1, -0.05) is 6.07 Å². The van der Waals surface area contributed by atoms with Crippen molar-refractivity contribution in [2.24, 2.45) is 0 Å². The minimum Gasteiger partial charge on any atom is -0.496 e. The van der Waals surface area contributed by atoms with E-state index in [1.807, 2.05) is 30.3 Å². The predicted octanol–water partition coefficient (Wildman–Crippen LogP) is 3.28. The van der Waals surface area contributed by atoms with Gasteiger partial charge in [0.2, 0.25) is 10.0 Å². The number of nitrogens with zero attached hydrogens (tertiary/aromatic N) is 3. The molecule has 0 unspecified atom stereocenters. The summed E-state index contributed by atoms with van der Waals surface area (Å²) in [4.78, 5) is 14.5. The van der Waals surface area contributed by atoms with Crippen LogP contribution in [0.5, 0.6) is 5.75 Å². The molecule has 0 atom stereocenters. The SMILES string of the molecule is CNC(=O)c1ccc2ccn(C3CCN(CCc4cc(N(C)S(C)(=O)=O)ccc4OC)CC3)c2c1. The fourth-order valence-corrected chi connectivity index (χ4v) is 5.30. The fourth-order valence-electron chi connectivity index (χ4n) is 4.80. The molecule has 0 radical (unpaired) electrons. The number of fused-ring (bicyclic) bond motifs is 1. The molecule has 4 rings (SSSR count). The number of rotatable bonds is 8. The molecule has 1 fully saturated rings. The van der Waals surface area contributed by atoms with E-state index in [0.29, 0.717) is 17.3 Å². The summed E-state index contributed by atoms with van der Waals surface area (Å²) in [5, 5.41) is 3.84. The average Bonchev–Trinajstić information content (AvgIpc) is 3.29. The van der Waals surface area contributed by atoms with Gasteiger partial charge in [0.25, 0.3) is 5.91 Å². The lowest BCUT2D eigenvalue weighted by molar-refractivity contribution is 0.0963. The number of hydrogen-bond acceptors (Lipinski definition) is 5. The van der Waals surface area contributed by atoms with Crippen LogP contribution < -0.4 is 14.4 Å². The Labute approximate surface area is 207 Å². The summed E-state index contributed by atoms with van der Waals surface area (Å²) in [6.07, 6.45) is 6.17. The van der Waals surface area contributed by atoms with Crippen LogP contribution in [-0.4, -0.2) is 70.9 Å². The molecule has 8 nitrogen and oxygen atoms in total. The minimum atomic E-state index is -3.32. The van der Waals surface area contributed by atoms with E-state index in [0.717, 1.165) is 61.1 Å². The zero-order valence-corrected chi connectivity index (χ0v) is 21.6. The molecule has 1 saturated heterocycles. The second-order valence-electron chi connectivity index (χ2n) is 9.13. The van der Waals surface area contributed by atoms with Crippen LogP contribution in [0, 0.1) is 0 Å². The highest BCUT2D eigenvalue weighted by molar-refractivity contribution is 7.92. The first-order valence-electron chi connectivity index (χ1n) is 11.9. The Bertz CT molecular complexity index is 1310. The van der Waals surface area contributed by atoms with Gasteiger partial charge in [0.1, 0.15) is 5.75 Å². The van der Waals surface area contributed by atoms with E-state index in [9.17, 15) is 13.2 Å². The molecular formula is C26H34N4O4S. The number of carbonyl (C=O) groups is 1. The Morgan fingerprint density at radius 2 is 1.89 bits per heavy atom. The van der Waals surface area contributed by atoms with E-state index in [-0.39, 0.29) is 5.91 Å². The van der Waals surface area contributed by atoms with Gasteiger partial charge in [-0.25, -0.2) is 8.42 Å². The molecule has 0 saturated carbocycles. The molecule has 188 valence electrons. The van der Waals surface area contributed by atoms with Gasteiger partial charge in [0, 0.05) is 57.0 Å². The monoisotopic (exact) mass is 498 g/mol. The topological polar surface area (TPSA) is 83.9 Å². The standard InChI is InChI=1S/C26H34N4O4S/c1-27-26(31)21-6-5-19-10-16-30(24(19)18-21)22-11-14-29(15-12-22)13-9-20-17-23(7-8-25(20)34-3)28(2)35(4,32)33/h5-8,10,16-18,22H,9,11-15H2,1-4H3,(H,27,31). The highest BCUT2D eigenvalue weighted by Gasteiger charge is 2.22. The Balaban J connectivity index is 1.41. The number of methoxy groups -OCH3 is 1. The molecule has 3 aromatic rings. The van der Waals surface area contributed by atoms with Gasteiger partial charge in [0.05, 0.1) is 19.1 Å². The largest absolute Gasteiger partial charge is 0.496 e. The molecular weight excluding hydrogens is 464 g/mol. The van der Waals surface area contributed by atoms with E-state index in [4.69, 9.17) is 4.74 Å². The molecule has 1 aliphatic rings. The van der Waals surface area contributed by atoms with Gasteiger partial charge in [-0.05, 0) is 66.6 Å². The zero-order valence-electron chi connectivity index (χ0n) is 20.8. The number of ether oxygens (including phenoxy) is 1. The Morgan fingerprint density at radius 1 is 1.14 bits per heavy atom. The summed E-state index contributed by atoms with van der Waals surface area (Å²) in [5.74, 6) is 0.702. The molecule has 0 bridgehead atoms. The summed E-state index contributed by atoms with van der Waals surface area (Å²) in [6, 6.07) is 13.9. The first-order chi connectivity index (χ1) is 16.7. The molecule has 35 heavy (non-hydrogen) atoms. The average molecular weight is 499 g/mol. The van der Waals surface area contributed by atoms with Gasteiger partial charge >= 0.3 is 0 Å². The first-order valence-corrected chi connectivity index (χ1v) is 13.7. The number of aromatic nitrogens is 1. The second-order valence-corrected chi connectivity index (χ2v) is 11.1. The number of nitrogens with one attached hydrogen (secondary N) is 1. The summed E-state index contributed by atoms with van der Waals surface area (Å²) in [5.41, 5.74) is 3.41. The van der Waals surface area contributed by atoms with Gasteiger partial charge in [-0.3, -0.25) is 9.10 Å². The lowest BCUT2D eigenvalue weighted by atomic mass is 10.0. The molecule has 0 spiro atoms. The van der Waals surface area contributed by atoms with Gasteiger partial charge in [0.15, 0.2) is 0 Å². The summed E-state index contributed by atoms with van der Waals surface area (Å²) < 4.78 is 33.0. The van der Waals surface area contributed by atoms with Crippen LogP contribution in [0.2, 0.25) is 0 Å². The van der Waals surface area contributed by atoms with E-state index >= 15 is 0 Å². The van der Waals surface area contributed by atoms with Crippen molar-refractivity contribution >= 4 is 32.5 Å². The zero-order chi connectivity index (χ0) is 25.2. The molecule has 1 aliphatic heterocycles. The molecule has 2 aromatic carbocycles. The number of anilines is 1. The minimum absolute atomic E-state index is 0.0725. The maximum atomic E-state index is 12.1. The van der Waals surface area contributed by atoms with Crippen molar-refractivity contribution in [3.63, 3.8) is 0 Å². The lowest BCUT2D eigenvalue weighted by Gasteiger charge is -2.33. The van der Waals surface area contributed by atoms with Crippen LogP contribution in [0.25, 0.3) is 10.9 Å². The summed E-state index contributed by atoms with van der Waals surface area (Å²) in [7, 11) is 1.53. The Morgan fingerprint density at radius 3 is 2.54 bits per heavy atom. The van der Waals surface area contributed by atoms with Crippen molar-refractivity contribution in [2.75, 3.05) is 51.4 Å². The number of carbonyl (C=O) groups excluding carboxylic acids is 1. The van der Waals surface area contributed by atoms with Crippen LogP contribution in [0.15, 0.2) is 48.7 Å². The maximum absolute atomic E-state index is 12.1. The number of likely N-dealkylation sites (tertiary alicyclic amines) is 1. The molecule has 0 aliphatic carbocycles. The smallest absolute Gasteiger partial charge is 0.251 e. The Kier molecular flexibility index (Phi) is 7.37. The van der Waals surface area contributed by atoms with Crippen LogP contribution in [0.1, 0.15) is 34.8 Å². The molecule has 1 amide bonds. The van der Waals surface area contributed by atoms with Crippen LogP contribution in [0.4, 0.5) is 5.69 Å². The highest BCUT2D eigenvalue weighted by atomic mass is 32.2. The quantitative estimate of drug-likeness (QED) is 0.515. The third-order valence-corrected chi connectivity index (χ3v) is 8.19. The van der Waals surface area contributed by atoms with Crippen molar-refractivity contribution in [1.29, 1.82) is 0 Å². The van der Waals surface area contributed by atoms with E-state index < -0.39 is 10.0 Å². The van der Waals surface area contributed by atoms with Crippen LogP contribution in [0.3, 0.4) is 0 Å². The van der Waals surface area contributed by atoms with Crippen molar-refractivity contribution in [3.8, 4) is 5.75 Å². The maximum Gasteiger partial charge on any atom is 0.251 e. The number of sulfonamides is 1. The van der Waals surface area contributed by atoms with Crippen LogP contribution in [-0.2, 0) is 16.4 Å². The van der Waals surface area contributed by atoms with E-state index in [1.165, 1.54) is 10.6 Å². The van der Waals surface area contributed by atoms with Crippen molar-refractivity contribution in [3.05, 3.63) is 59.8 Å². The third kappa shape index (κ3) is 5.46. The number of benzene rings is 2. The fraction of sp³-hybridized carbons (Fsp3) is 0.423. The van der Waals surface area contributed by atoms with Crippen molar-refractivity contribution in [1.82, 2.24) is 14.8 Å². The number of hydrogen-bond donors (Lipinski definition) is 1. The van der Waals surface area contributed by atoms with Crippen LogP contribution >= 0.6 is 0 Å². The first kappa shape index (κ1) is 25.1. The van der Waals surface area contributed by atoms with E-state index in [2.05, 4.69) is 27.0 Å². The lowest BCUT2D eigenvalue weighted by Crippen LogP contribution is -2.36. The third-order valence-electron chi connectivity index (χ3n) is 6.99. The van der Waals surface area contributed by atoms with Gasteiger partial charge < -0.3 is 19.5 Å². The number of amides is 1. The molecule has 1 aromatic heterocycles.